The quantitative estimate of drug-likeness (QED) is 0.507. The molecule has 4 rings (SSSR count). The highest BCUT2D eigenvalue weighted by molar-refractivity contribution is 6.35. The first kappa shape index (κ1) is 20.4. The second-order valence-electron chi connectivity index (χ2n) is 7.49. The predicted molar refractivity (Wildman–Crippen MR) is 119 cm³/mol. The molecular weight excluding hydrogens is 421 g/mol. The van der Waals surface area contributed by atoms with Crippen LogP contribution in [0.2, 0.25) is 10.0 Å². The van der Waals surface area contributed by atoms with Gasteiger partial charge in [-0.15, -0.1) is 0 Å². The monoisotopic (exact) mass is 439 g/mol. The molecule has 7 heteroatoms. The Kier molecular flexibility index (Phi) is 5.26. The Hall–Kier alpha value is -2.89. The van der Waals surface area contributed by atoms with Crippen molar-refractivity contribution in [3.63, 3.8) is 0 Å². The van der Waals surface area contributed by atoms with Crippen LogP contribution in [-0.2, 0) is 11.2 Å². The maximum Gasteiger partial charge on any atom is 0.332 e. The molecule has 3 amide bonds. The molecule has 1 fully saturated rings. The summed E-state index contributed by atoms with van der Waals surface area (Å²) in [7, 11) is 1.64. The zero-order chi connectivity index (χ0) is 21.5. The van der Waals surface area contributed by atoms with Gasteiger partial charge in [-0.05, 0) is 53.9 Å². The van der Waals surface area contributed by atoms with Crippen molar-refractivity contribution in [1.82, 2.24) is 9.88 Å². The van der Waals surface area contributed by atoms with Crippen molar-refractivity contribution in [2.24, 2.45) is 0 Å². The minimum absolute atomic E-state index is 0.313. The van der Waals surface area contributed by atoms with Crippen molar-refractivity contribution in [3.05, 3.63) is 82.6 Å². The number of imide groups is 1. The van der Waals surface area contributed by atoms with Gasteiger partial charge in [0, 0.05) is 35.9 Å². The topological polar surface area (TPSA) is 53.5 Å². The van der Waals surface area contributed by atoms with Crippen LogP contribution >= 0.6 is 23.2 Å². The minimum atomic E-state index is -1.02. The molecule has 30 heavy (non-hydrogen) atoms. The number of urea groups is 1. The number of benzene rings is 2. The fourth-order valence-electron chi connectivity index (χ4n) is 3.68. The minimum Gasteiger partial charge on any atom is -0.312 e. The van der Waals surface area contributed by atoms with Crippen molar-refractivity contribution < 1.29 is 9.59 Å². The summed E-state index contributed by atoms with van der Waals surface area (Å²) in [6, 6.07) is 16.1. The van der Waals surface area contributed by atoms with Crippen LogP contribution < -0.4 is 4.90 Å². The first-order chi connectivity index (χ1) is 14.3. The summed E-state index contributed by atoms with van der Waals surface area (Å²) in [5.41, 5.74) is 2.42. The van der Waals surface area contributed by atoms with Gasteiger partial charge in [0.1, 0.15) is 5.54 Å². The number of hydrogen-bond donors (Lipinski definition) is 0. The van der Waals surface area contributed by atoms with Crippen molar-refractivity contribution in [2.75, 3.05) is 11.9 Å². The Morgan fingerprint density at radius 1 is 0.900 bits per heavy atom. The molecule has 1 aliphatic heterocycles. The lowest BCUT2D eigenvalue weighted by Gasteiger charge is -2.28. The van der Waals surface area contributed by atoms with Gasteiger partial charge in [-0.2, -0.15) is 0 Å². The molecule has 0 radical (unpaired) electrons. The van der Waals surface area contributed by atoms with Crippen molar-refractivity contribution in [3.8, 4) is 11.1 Å². The number of aromatic nitrogens is 1. The van der Waals surface area contributed by atoms with Crippen LogP contribution in [0.3, 0.4) is 0 Å². The van der Waals surface area contributed by atoms with E-state index in [1.165, 1.54) is 4.90 Å². The number of hydrogen-bond acceptors (Lipinski definition) is 3. The second-order valence-corrected chi connectivity index (χ2v) is 8.37. The Morgan fingerprint density at radius 3 is 2.07 bits per heavy atom. The Balaban J connectivity index is 1.62. The Bertz CT molecular complexity index is 1100. The molecule has 1 saturated heterocycles. The van der Waals surface area contributed by atoms with Gasteiger partial charge >= 0.3 is 6.03 Å². The highest BCUT2D eigenvalue weighted by Gasteiger charge is 2.53. The van der Waals surface area contributed by atoms with Crippen LogP contribution in [-0.4, -0.2) is 34.4 Å². The standard InChI is InChI=1S/C23H19Cl2N3O2/c1-23(14-15-3-5-16(6-4-15)17-7-9-26-10-8-17)21(29)28(22(30)27(23)2)20-12-18(24)11-19(25)13-20/h3-13H,14H2,1-2H3/t23-/m1/s1. The van der Waals surface area contributed by atoms with E-state index in [-0.39, 0.29) is 5.91 Å². The van der Waals surface area contributed by atoms with E-state index in [2.05, 4.69) is 4.98 Å². The van der Waals surface area contributed by atoms with Gasteiger partial charge in [0.15, 0.2) is 0 Å². The van der Waals surface area contributed by atoms with E-state index < -0.39 is 11.6 Å². The summed E-state index contributed by atoms with van der Waals surface area (Å²) >= 11 is 12.2. The third kappa shape index (κ3) is 3.55. The number of rotatable bonds is 4. The average Bonchev–Trinajstić information content (AvgIpc) is 2.89. The summed E-state index contributed by atoms with van der Waals surface area (Å²) in [6.07, 6.45) is 3.88. The van der Waals surface area contributed by atoms with Crippen LogP contribution in [0, 0.1) is 0 Å². The number of nitrogens with zero attached hydrogens (tertiary/aromatic N) is 3. The Morgan fingerprint density at radius 2 is 1.47 bits per heavy atom. The largest absolute Gasteiger partial charge is 0.332 e. The number of likely N-dealkylation sites (N-methyl/N-ethyl adjacent to an activating group) is 1. The first-order valence-corrected chi connectivity index (χ1v) is 10.1. The van der Waals surface area contributed by atoms with Gasteiger partial charge in [-0.3, -0.25) is 9.78 Å². The summed E-state index contributed by atoms with van der Waals surface area (Å²) in [5, 5.41) is 0.724. The van der Waals surface area contributed by atoms with Crippen LogP contribution in [0.4, 0.5) is 10.5 Å². The first-order valence-electron chi connectivity index (χ1n) is 9.37. The highest BCUT2D eigenvalue weighted by atomic mass is 35.5. The van der Waals surface area contributed by atoms with Crippen LogP contribution in [0.15, 0.2) is 67.0 Å². The predicted octanol–water partition coefficient (Wildman–Crippen LogP) is 5.46. The van der Waals surface area contributed by atoms with Crippen LogP contribution in [0.25, 0.3) is 11.1 Å². The summed E-state index contributed by atoms with van der Waals surface area (Å²) < 4.78 is 0. The molecule has 5 nitrogen and oxygen atoms in total. The van der Waals surface area contributed by atoms with E-state index in [9.17, 15) is 9.59 Å². The van der Waals surface area contributed by atoms with Crippen LogP contribution in [0.1, 0.15) is 12.5 Å². The van der Waals surface area contributed by atoms with E-state index in [1.807, 2.05) is 36.4 Å². The molecular formula is C23H19Cl2N3O2. The maximum absolute atomic E-state index is 13.3. The van der Waals surface area contributed by atoms with Gasteiger partial charge in [0.05, 0.1) is 5.69 Å². The summed E-state index contributed by atoms with van der Waals surface area (Å²) in [4.78, 5) is 32.9. The molecule has 0 unspecified atom stereocenters. The van der Waals surface area contributed by atoms with Crippen molar-refractivity contribution >= 4 is 40.8 Å². The average molecular weight is 440 g/mol. The van der Waals surface area contributed by atoms with Gasteiger partial charge in [0.2, 0.25) is 0 Å². The van der Waals surface area contributed by atoms with Gasteiger partial charge in [0.25, 0.3) is 5.91 Å². The molecule has 1 aromatic heterocycles. The Labute approximate surface area is 184 Å². The lowest BCUT2D eigenvalue weighted by molar-refractivity contribution is -0.123. The molecule has 1 aliphatic rings. The summed E-state index contributed by atoms with van der Waals surface area (Å²) in [5.74, 6) is -0.313. The van der Waals surface area contributed by atoms with E-state index >= 15 is 0 Å². The molecule has 0 spiro atoms. The van der Waals surface area contributed by atoms with E-state index in [4.69, 9.17) is 23.2 Å². The maximum atomic E-state index is 13.3. The summed E-state index contributed by atoms with van der Waals surface area (Å²) in [6.45, 7) is 1.77. The van der Waals surface area contributed by atoms with Gasteiger partial charge in [-0.25, -0.2) is 9.69 Å². The molecule has 2 heterocycles. The molecule has 3 aromatic rings. The lowest BCUT2D eigenvalue weighted by atomic mass is 9.90. The highest BCUT2D eigenvalue weighted by Crippen LogP contribution is 2.36. The molecule has 0 aliphatic carbocycles. The molecule has 0 saturated carbocycles. The second kappa shape index (κ2) is 7.74. The number of pyridine rings is 1. The van der Waals surface area contributed by atoms with E-state index in [1.54, 1.807) is 44.6 Å². The zero-order valence-electron chi connectivity index (χ0n) is 16.5. The number of halogens is 2. The number of anilines is 1. The van der Waals surface area contributed by atoms with Crippen molar-refractivity contribution in [2.45, 2.75) is 18.9 Å². The van der Waals surface area contributed by atoms with Gasteiger partial charge < -0.3 is 4.90 Å². The van der Waals surface area contributed by atoms with Gasteiger partial charge in [-0.1, -0.05) is 47.5 Å². The molecule has 1 atom stereocenters. The molecule has 0 N–H and O–H groups in total. The number of carbonyl (C=O) groups excluding carboxylic acids is 2. The van der Waals surface area contributed by atoms with Crippen LogP contribution in [0.5, 0.6) is 0 Å². The number of carbonyl (C=O) groups is 2. The molecule has 152 valence electrons. The van der Waals surface area contributed by atoms with Crippen molar-refractivity contribution in [1.29, 1.82) is 0 Å². The zero-order valence-corrected chi connectivity index (χ0v) is 18.0. The molecule has 0 bridgehead atoms. The fourth-order valence-corrected chi connectivity index (χ4v) is 4.19. The molecule has 2 aromatic carbocycles. The van der Waals surface area contributed by atoms with E-state index in [0.29, 0.717) is 22.2 Å². The third-order valence-electron chi connectivity index (χ3n) is 5.50. The fraction of sp³-hybridized carbons (Fsp3) is 0.174. The van der Waals surface area contributed by atoms with E-state index in [0.717, 1.165) is 21.6 Å². The lowest BCUT2D eigenvalue weighted by Crippen LogP contribution is -2.47. The normalized spacial score (nSPS) is 18.9. The smallest absolute Gasteiger partial charge is 0.312 e. The number of amides is 3. The SMILES string of the molecule is CN1C(=O)N(c2cc(Cl)cc(Cl)c2)C(=O)[C@@]1(C)Cc1ccc(-c2ccncc2)cc1. The third-order valence-corrected chi connectivity index (χ3v) is 5.94.